The summed E-state index contributed by atoms with van der Waals surface area (Å²) < 4.78 is 45.3. The molecule has 1 saturated heterocycles. The van der Waals surface area contributed by atoms with Crippen LogP contribution in [0, 0.1) is 0 Å². The Bertz CT molecular complexity index is 728. The van der Waals surface area contributed by atoms with Crippen LogP contribution in [0.4, 0.5) is 23.7 Å². The Morgan fingerprint density at radius 3 is 2.39 bits per heavy atom. The van der Waals surface area contributed by atoms with Crippen molar-refractivity contribution in [1.29, 1.82) is 0 Å². The van der Waals surface area contributed by atoms with Crippen LogP contribution in [-0.2, 0) is 10.9 Å². The molecule has 0 saturated carbocycles. The number of hydrogen-bond acceptors (Lipinski definition) is 2. The van der Waals surface area contributed by atoms with E-state index >= 15 is 0 Å². The summed E-state index contributed by atoms with van der Waals surface area (Å²) in [5.74, 6) is 0. The zero-order valence-electron chi connectivity index (χ0n) is 12.3. The van der Waals surface area contributed by atoms with Crippen LogP contribution in [0.5, 0.6) is 0 Å². The maximum atomic E-state index is 13.5. The van der Waals surface area contributed by atoms with Crippen molar-refractivity contribution in [3.05, 3.63) is 54.1 Å². The van der Waals surface area contributed by atoms with Gasteiger partial charge in [-0.2, -0.15) is 13.2 Å². The summed E-state index contributed by atoms with van der Waals surface area (Å²) in [7, 11) is 0. The molecule has 0 N–H and O–H groups in total. The number of amides is 1. The topological polar surface area (TPSA) is 29.5 Å². The van der Waals surface area contributed by atoms with Crippen molar-refractivity contribution < 1.29 is 22.7 Å². The van der Waals surface area contributed by atoms with Crippen LogP contribution in [-0.4, -0.2) is 18.7 Å². The first-order valence-electron chi connectivity index (χ1n) is 7.10. The highest BCUT2D eigenvalue weighted by Gasteiger charge is 2.37. The summed E-state index contributed by atoms with van der Waals surface area (Å²) in [6.45, 7) is 1.89. The second-order valence-electron chi connectivity index (χ2n) is 5.39. The van der Waals surface area contributed by atoms with Crippen molar-refractivity contribution in [2.24, 2.45) is 0 Å². The van der Waals surface area contributed by atoms with Gasteiger partial charge in [0.15, 0.2) is 0 Å². The molecule has 6 heteroatoms. The molecule has 1 unspecified atom stereocenters. The summed E-state index contributed by atoms with van der Waals surface area (Å²) >= 11 is 0. The molecule has 1 amide bonds. The molecule has 3 rings (SSSR count). The van der Waals surface area contributed by atoms with E-state index in [4.69, 9.17) is 4.74 Å². The van der Waals surface area contributed by atoms with E-state index in [0.717, 1.165) is 6.07 Å². The van der Waals surface area contributed by atoms with Crippen LogP contribution in [0.15, 0.2) is 48.5 Å². The van der Waals surface area contributed by atoms with Crippen LogP contribution in [0.1, 0.15) is 12.5 Å². The molecule has 120 valence electrons. The van der Waals surface area contributed by atoms with Crippen molar-refractivity contribution >= 4 is 11.8 Å². The summed E-state index contributed by atoms with van der Waals surface area (Å²) in [5, 5.41) is 0. The van der Waals surface area contributed by atoms with Gasteiger partial charge in [-0.15, -0.1) is 0 Å². The first-order valence-corrected chi connectivity index (χ1v) is 7.10. The third-order valence-electron chi connectivity index (χ3n) is 3.76. The molecule has 23 heavy (non-hydrogen) atoms. The molecular formula is C17H14F3NO2. The first kappa shape index (κ1) is 15.4. The summed E-state index contributed by atoms with van der Waals surface area (Å²) in [6, 6.07) is 12.0. The lowest BCUT2D eigenvalue weighted by Gasteiger charge is -2.21. The van der Waals surface area contributed by atoms with Gasteiger partial charge in [0.2, 0.25) is 0 Å². The number of rotatable bonds is 2. The van der Waals surface area contributed by atoms with E-state index in [0.29, 0.717) is 5.56 Å². The zero-order chi connectivity index (χ0) is 16.6. The Labute approximate surface area is 131 Å². The molecule has 1 aliphatic rings. The van der Waals surface area contributed by atoms with Crippen molar-refractivity contribution in [2.75, 3.05) is 11.5 Å². The molecule has 1 fully saturated rings. The average molecular weight is 321 g/mol. The molecule has 0 aromatic heterocycles. The number of ether oxygens (including phenoxy) is 1. The highest BCUT2D eigenvalue weighted by atomic mass is 19.4. The Morgan fingerprint density at radius 1 is 1.13 bits per heavy atom. The minimum absolute atomic E-state index is 0.0852. The fourth-order valence-corrected chi connectivity index (χ4v) is 2.66. The Morgan fingerprint density at radius 2 is 1.83 bits per heavy atom. The highest BCUT2D eigenvalue weighted by Crippen LogP contribution is 2.40. The average Bonchev–Trinajstić information content (AvgIpc) is 2.86. The second-order valence-corrected chi connectivity index (χ2v) is 5.39. The van der Waals surface area contributed by atoms with Crippen molar-refractivity contribution in [3.8, 4) is 11.1 Å². The van der Waals surface area contributed by atoms with Gasteiger partial charge in [0.25, 0.3) is 0 Å². The lowest BCUT2D eigenvalue weighted by atomic mass is 9.98. The number of carbonyl (C=O) groups is 1. The van der Waals surface area contributed by atoms with Crippen molar-refractivity contribution in [1.82, 2.24) is 0 Å². The van der Waals surface area contributed by atoms with E-state index in [1.165, 1.54) is 17.0 Å². The van der Waals surface area contributed by atoms with Gasteiger partial charge in [-0.3, -0.25) is 4.90 Å². The standard InChI is InChI=1S/C17H14F3NO2/c1-11-10-23-16(22)21(11)13-7-8-14(12-5-3-2-4-6-12)15(9-13)17(18,19)20/h2-9,11H,10H2,1H3. The van der Waals surface area contributed by atoms with Gasteiger partial charge in [0.1, 0.15) is 6.61 Å². The molecule has 1 heterocycles. The molecule has 0 spiro atoms. The Kier molecular flexibility index (Phi) is 3.75. The summed E-state index contributed by atoms with van der Waals surface area (Å²) in [5.41, 5.74) is -0.0226. The predicted octanol–water partition coefficient (Wildman–Crippen LogP) is 4.72. The van der Waals surface area contributed by atoms with E-state index in [1.807, 2.05) is 0 Å². The molecule has 2 aromatic rings. The second kappa shape index (κ2) is 5.61. The van der Waals surface area contributed by atoms with Crippen LogP contribution in [0.3, 0.4) is 0 Å². The van der Waals surface area contributed by atoms with E-state index in [9.17, 15) is 18.0 Å². The van der Waals surface area contributed by atoms with Gasteiger partial charge >= 0.3 is 12.3 Å². The summed E-state index contributed by atoms with van der Waals surface area (Å²) in [4.78, 5) is 13.0. The molecule has 0 aliphatic carbocycles. The van der Waals surface area contributed by atoms with Crippen LogP contribution < -0.4 is 4.90 Å². The first-order chi connectivity index (χ1) is 10.9. The molecule has 0 radical (unpaired) electrons. The molecule has 0 bridgehead atoms. The predicted molar refractivity (Wildman–Crippen MR) is 80.2 cm³/mol. The lowest BCUT2D eigenvalue weighted by Crippen LogP contribution is -2.31. The number of halogens is 3. The van der Waals surface area contributed by atoms with E-state index in [2.05, 4.69) is 0 Å². The largest absolute Gasteiger partial charge is 0.447 e. The van der Waals surface area contributed by atoms with Gasteiger partial charge in [-0.05, 0) is 30.2 Å². The fraction of sp³-hybridized carbons (Fsp3) is 0.235. The third-order valence-corrected chi connectivity index (χ3v) is 3.76. The SMILES string of the molecule is CC1COC(=O)N1c1ccc(-c2ccccc2)c(C(F)(F)F)c1. The normalized spacial score (nSPS) is 18.2. The van der Waals surface area contributed by atoms with Gasteiger partial charge in [-0.25, -0.2) is 4.79 Å². The van der Waals surface area contributed by atoms with Gasteiger partial charge in [-0.1, -0.05) is 36.4 Å². The number of carbonyl (C=O) groups excluding carboxylic acids is 1. The van der Waals surface area contributed by atoms with Crippen LogP contribution in [0.2, 0.25) is 0 Å². The lowest BCUT2D eigenvalue weighted by molar-refractivity contribution is -0.137. The number of alkyl halides is 3. The Hall–Kier alpha value is -2.50. The van der Waals surface area contributed by atoms with E-state index in [1.54, 1.807) is 37.3 Å². The maximum absolute atomic E-state index is 13.5. The van der Waals surface area contributed by atoms with Gasteiger partial charge < -0.3 is 4.74 Å². The quantitative estimate of drug-likeness (QED) is 0.801. The number of nitrogens with zero attached hydrogens (tertiary/aromatic N) is 1. The minimum atomic E-state index is -4.52. The van der Waals surface area contributed by atoms with Crippen LogP contribution in [0.25, 0.3) is 11.1 Å². The Balaban J connectivity index is 2.12. The molecular weight excluding hydrogens is 307 g/mol. The van der Waals surface area contributed by atoms with Crippen molar-refractivity contribution in [2.45, 2.75) is 19.1 Å². The minimum Gasteiger partial charge on any atom is -0.447 e. The molecule has 1 aliphatic heterocycles. The van der Waals surface area contributed by atoms with Gasteiger partial charge in [0, 0.05) is 5.69 Å². The molecule has 2 aromatic carbocycles. The highest BCUT2D eigenvalue weighted by molar-refractivity contribution is 5.91. The number of hydrogen-bond donors (Lipinski definition) is 0. The third kappa shape index (κ3) is 2.88. The van der Waals surface area contributed by atoms with Crippen molar-refractivity contribution in [3.63, 3.8) is 0 Å². The maximum Gasteiger partial charge on any atom is 0.417 e. The fourth-order valence-electron chi connectivity index (χ4n) is 2.66. The number of anilines is 1. The monoisotopic (exact) mass is 321 g/mol. The number of cyclic esters (lactones) is 1. The van der Waals surface area contributed by atoms with Gasteiger partial charge in [0.05, 0.1) is 11.6 Å². The molecule has 1 atom stereocenters. The number of benzene rings is 2. The summed E-state index contributed by atoms with van der Waals surface area (Å²) in [6.07, 6.45) is -5.15. The van der Waals surface area contributed by atoms with Crippen LogP contribution >= 0.6 is 0 Å². The molecule has 3 nitrogen and oxygen atoms in total. The van der Waals surface area contributed by atoms with E-state index in [-0.39, 0.29) is 23.9 Å². The smallest absolute Gasteiger partial charge is 0.417 e. The van der Waals surface area contributed by atoms with E-state index < -0.39 is 17.8 Å². The zero-order valence-corrected chi connectivity index (χ0v) is 12.3.